The fraction of sp³-hybridized carbons (Fsp3) is 0.167. The molecule has 0 unspecified atom stereocenters. The Bertz CT molecular complexity index is 582. The molecule has 0 radical (unpaired) electrons. The number of nitrogens with one attached hydrogen (secondary N) is 1. The molecule has 94 valence electrons. The normalized spacial score (nSPS) is 10.5. The first-order valence-electron chi connectivity index (χ1n) is 5.19. The lowest BCUT2D eigenvalue weighted by Gasteiger charge is -2.09. The zero-order valence-electron chi connectivity index (χ0n) is 9.76. The maximum Gasteiger partial charge on any atom is 0.172 e. The van der Waals surface area contributed by atoms with Crippen LogP contribution in [0, 0.1) is 25.5 Å². The first kappa shape index (κ1) is 12.7. The average Bonchev–Trinajstić information content (AvgIpc) is 2.24. The molecule has 1 aromatic heterocycles. The second-order valence-electron chi connectivity index (χ2n) is 3.82. The second-order valence-corrected chi connectivity index (χ2v) is 4.17. The summed E-state index contributed by atoms with van der Waals surface area (Å²) in [6, 6.07) is 3.09. The van der Waals surface area contributed by atoms with Crippen LogP contribution in [-0.2, 0) is 0 Å². The molecule has 0 atom stereocenters. The van der Waals surface area contributed by atoms with Gasteiger partial charge < -0.3 is 5.32 Å². The van der Waals surface area contributed by atoms with Gasteiger partial charge in [0.05, 0.1) is 11.4 Å². The molecule has 1 aromatic carbocycles. The number of aryl methyl sites for hydroxylation is 2. The first-order chi connectivity index (χ1) is 8.45. The maximum atomic E-state index is 13.0. The third kappa shape index (κ3) is 2.73. The van der Waals surface area contributed by atoms with Crippen LogP contribution in [0.15, 0.2) is 18.2 Å². The van der Waals surface area contributed by atoms with E-state index < -0.39 is 11.6 Å². The van der Waals surface area contributed by atoms with Gasteiger partial charge in [-0.05, 0) is 26.0 Å². The number of benzene rings is 1. The van der Waals surface area contributed by atoms with E-state index in [-0.39, 0.29) is 16.7 Å². The number of nitrogens with zero attached hydrogens (tertiary/aromatic N) is 2. The van der Waals surface area contributed by atoms with Crippen LogP contribution in [0.3, 0.4) is 0 Å². The Kier molecular flexibility index (Phi) is 3.43. The SMILES string of the molecule is Cc1nc(Cl)c(Nc2cc(F)cc(F)c2)nc1C. The Balaban J connectivity index is 2.36. The first-order valence-corrected chi connectivity index (χ1v) is 5.57. The van der Waals surface area contributed by atoms with Crippen molar-refractivity contribution in [1.82, 2.24) is 9.97 Å². The van der Waals surface area contributed by atoms with Gasteiger partial charge >= 0.3 is 0 Å². The van der Waals surface area contributed by atoms with E-state index in [0.29, 0.717) is 11.4 Å². The smallest absolute Gasteiger partial charge is 0.172 e. The summed E-state index contributed by atoms with van der Waals surface area (Å²) >= 11 is 5.91. The van der Waals surface area contributed by atoms with E-state index in [4.69, 9.17) is 11.6 Å². The predicted octanol–water partition coefficient (Wildman–Crippen LogP) is 3.77. The molecule has 6 heteroatoms. The highest BCUT2D eigenvalue weighted by Crippen LogP contribution is 2.23. The fourth-order valence-corrected chi connectivity index (χ4v) is 1.63. The van der Waals surface area contributed by atoms with Crippen LogP contribution in [0.25, 0.3) is 0 Å². The Morgan fingerprint density at radius 3 is 2.17 bits per heavy atom. The van der Waals surface area contributed by atoms with Crippen LogP contribution in [0.5, 0.6) is 0 Å². The number of hydrogen-bond donors (Lipinski definition) is 1. The van der Waals surface area contributed by atoms with Gasteiger partial charge in [0.15, 0.2) is 11.0 Å². The monoisotopic (exact) mass is 269 g/mol. The van der Waals surface area contributed by atoms with Crippen LogP contribution in [0.1, 0.15) is 11.4 Å². The van der Waals surface area contributed by atoms with Crippen LogP contribution in [0.4, 0.5) is 20.3 Å². The van der Waals surface area contributed by atoms with E-state index in [1.807, 2.05) is 0 Å². The molecule has 2 aromatic rings. The van der Waals surface area contributed by atoms with Crippen molar-refractivity contribution < 1.29 is 8.78 Å². The van der Waals surface area contributed by atoms with E-state index in [1.165, 1.54) is 0 Å². The molecule has 0 aliphatic rings. The quantitative estimate of drug-likeness (QED) is 0.902. The van der Waals surface area contributed by atoms with Crippen LogP contribution >= 0.6 is 11.6 Å². The van der Waals surface area contributed by atoms with E-state index in [2.05, 4.69) is 15.3 Å². The van der Waals surface area contributed by atoms with Crippen molar-refractivity contribution in [2.24, 2.45) is 0 Å². The van der Waals surface area contributed by atoms with Crippen LogP contribution < -0.4 is 5.32 Å². The molecule has 0 fully saturated rings. The van der Waals surface area contributed by atoms with Crippen molar-refractivity contribution in [1.29, 1.82) is 0 Å². The highest BCUT2D eigenvalue weighted by molar-refractivity contribution is 6.31. The number of anilines is 2. The van der Waals surface area contributed by atoms with Gasteiger partial charge in [0.25, 0.3) is 0 Å². The Morgan fingerprint density at radius 1 is 1.00 bits per heavy atom. The van der Waals surface area contributed by atoms with Crippen molar-refractivity contribution >= 4 is 23.1 Å². The van der Waals surface area contributed by atoms with Gasteiger partial charge in [0, 0.05) is 11.8 Å². The Morgan fingerprint density at radius 2 is 1.56 bits per heavy atom. The summed E-state index contributed by atoms with van der Waals surface area (Å²) in [5.41, 5.74) is 1.63. The van der Waals surface area contributed by atoms with Gasteiger partial charge in [-0.2, -0.15) is 0 Å². The minimum Gasteiger partial charge on any atom is -0.337 e. The molecule has 0 spiro atoms. The zero-order chi connectivity index (χ0) is 13.3. The summed E-state index contributed by atoms with van der Waals surface area (Å²) in [6.45, 7) is 3.55. The van der Waals surface area contributed by atoms with E-state index in [1.54, 1.807) is 13.8 Å². The number of hydrogen-bond acceptors (Lipinski definition) is 3. The van der Waals surface area contributed by atoms with E-state index in [0.717, 1.165) is 18.2 Å². The van der Waals surface area contributed by atoms with Crippen molar-refractivity contribution in [3.05, 3.63) is 46.4 Å². The lowest BCUT2D eigenvalue weighted by molar-refractivity contribution is 0.584. The van der Waals surface area contributed by atoms with Gasteiger partial charge in [0.1, 0.15) is 11.6 Å². The molecule has 2 rings (SSSR count). The molecule has 0 aliphatic heterocycles. The molecular formula is C12H10ClF2N3. The van der Waals surface area contributed by atoms with Crippen molar-refractivity contribution in [3.63, 3.8) is 0 Å². The third-order valence-corrected chi connectivity index (χ3v) is 2.65. The van der Waals surface area contributed by atoms with Gasteiger partial charge in [-0.3, -0.25) is 0 Å². The van der Waals surface area contributed by atoms with Crippen molar-refractivity contribution in [2.45, 2.75) is 13.8 Å². The predicted molar refractivity (Wildman–Crippen MR) is 66.2 cm³/mol. The number of rotatable bonds is 2. The molecule has 0 saturated heterocycles. The van der Waals surface area contributed by atoms with Crippen LogP contribution in [-0.4, -0.2) is 9.97 Å². The molecule has 0 amide bonds. The molecule has 3 nitrogen and oxygen atoms in total. The summed E-state index contributed by atoms with van der Waals surface area (Å²) in [7, 11) is 0. The minimum absolute atomic E-state index is 0.155. The lowest BCUT2D eigenvalue weighted by Crippen LogP contribution is -2.01. The van der Waals surface area contributed by atoms with Gasteiger partial charge in [-0.1, -0.05) is 11.6 Å². The molecular weight excluding hydrogens is 260 g/mol. The minimum atomic E-state index is -0.676. The lowest BCUT2D eigenvalue weighted by atomic mass is 10.3. The van der Waals surface area contributed by atoms with Crippen molar-refractivity contribution in [3.8, 4) is 0 Å². The second kappa shape index (κ2) is 4.86. The fourth-order valence-electron chi connectivity index (χ4n) is 1.42. The Labute approximate surface area is 108 Å². The summed E-state index contributed by atoms with van der Waals surface area (Å²) in [5, 5.41) is 2.89. The molecule has 0 saturated carbocycles. The molecule has 0 bridgehead atoms. The van der Waals surface area contributed by atoms with Crippen molar-refractivity contribution in [2.75, 3.05) is 5.32 Å². The third-order valence-electron chi connectivity index (χ3n) is 2.39. The molecule has 18 heavy (non-hydrogen) atoms. The van der Waals surface area contributed by atoms with Crippen LogP contribution in [0.2, 0.25) is 5.15 Å². The Hall–Kier alpha value is -1.75. The molecule has 1 heterocycles. The molecule has 0 aliphatic carbocycles. The number of aromatic nitrogens is 2. The zero-order valence-corrected chi connectivity index (χ0v) is 10.5. The maximum absolute atomic E-state index is 13.0. The summed E-state index contributed by atoms with van der Waals surface area (Å²) < 4.78 is 26.1. The number of halogens is 3. The standard InChI is InChI=1S/C12H10ClF2N3/c1-6-7(2)17-12(11(13)16-6)18-10-4-8(14)3-9(15)5-10/h3-5H,1-2H3,(H,17,18). The molecule has 1 N–H and O–H groups in total. The van der Waals surface area contributed by atoms with Gasteiger partial charge in [-0.25, -0.2) is 18.7 Å². The summed E-state index contributed by atoms with van der Waals surface area (Å²) in [6.07, 6.45) is 0. The summed E-state index contributed by atoms with van der Waals surface area (Å²) in [4.78, 5) is 8.24. The van der Waals surface area contributed by atoms with Gasteiger partial charge in [-0.15, -0.1) is 0 Å². The highest BCUT2D eigenvalue weighted by atomic mass is 35.5. The topological polar surface area (TPSA) is 37.8 Å². The summed E-state index contributed by atoms with van der Waals surface area (Å²) in [5.74, 6) is -1.08. The highest BCUT2D eigenvalue weighted by Gasteiger charge is 2.08. The average molecular weight is 270 g/mol. The van der Waals surface area contributed by atoms with Gasteiger partial charge in [0.2, 0.25) is 0 Å². The van der Waals surface area contributed by atoms with E-state index in [9.17, 15) is 8.78 Å². The largest absolute Gasteiger partial charge is 0.337 e. The van der Waals surface area contributed by atoms with E-state index >= 15 is 0 Å².